The maximum Gasteiger partial charge on any atom is 0.251 e. The molecule has 1 aliphatic rings. The van der Waals surface area contributed by atoms with E-state index in [0.717, 1.165) is 31.2 Å². The summed E-state index contributed by atoms with van der Waals surface area (Å²) in [6.45, 7) is 0.394. The number of halogens is 1. The fourth-order valence-electron chi connectivity index (χ4n) is 3.45. The van der Waals surface area contributed by atoms with Crippen molar-refractivity contribution in [2.75, 3.05) is 6.54 Å². The van der Waals surface area contributed by atoms with Crippen LogP contribution in [-0.2, 0) is 15.6 Å². The molecule has 2 aromatic rings. The Kier molecular flexibility index (Phi) is 7.03. The van der Waals surface area contributed by atoms with Crippen LogP contribution in [0.5, 0.6) is 0 Å². The SMILES string of the molecule is Cl.NCC1(NC(=O)c2cccc(S(=O)(=O)Cc3ccccc3)c2)CCCC1. The first kappa shape index (κ1) is 21.4. The number of hydrogen-bond acceptors (Lipinski definition) is 4. The van der Waals surface area contributed by atoms with Crippen molar-refractivity contribution in [2.45, 2.75) is 41.9 Å². The zero-order valence-corrected chi connectivity index (χ0v) is 16.7. The lowest BCUT2D eigenvalue weighted by Crippen LogP contribution is -2.51. The average Bonchev–Trinajstić information content (AvgIpc) is 3.11. The molecule has 0 bridgehead atoms. The lowest BCUT2D eigenvalue weighted by Gasteiger charge is -2.28. The Hall–Kier alpha value is -1.89. The molecule has 0 heterocycles. The van der Waals surface area contributed by atoms with Crippen molar-refractivity contribution >= 4 is 28.2 Å². The van der Waals surface area contributed by atoms with Gasteiger partial charge < -0.3 is 11.1 Å². The predicted molar refractivity (Wildman–Crippen MR) is 109 cm³/mol. The fraction of sp³-hybridized carbons (Fsp3) is 0.350. The summed E-state index contributed by atoms with van der Waals surface area (Å²) >= 11 is 0. The van der Waals surface area contributed by atoms with Crippen molar-refractivity contribution in [2.24, 2.45) is 5.73 Å². The van der Waals surface area contributed by atoms with Gasteiger partial charge in [0.2, 0.25) is 0 Å². The van der Waals surface area contributed by atoms with E-state index in [1.54, 1.807) is 24.3 Å². The van der Waals surface area contributed by atoms with Gasteiger partial charge in [-0.05, 0) is 36.6 Å². The van der Waals surface area contributed by atoms with E-state index in [4.69, 9.17) is 5.73 Å². The molecule has 1 amide bonds. The summed E-state index contributed by atoms with van der Waals surface area (Å²) in [6, 6.07) is 15.2. The van der Waals surface area contributed by atoms with Gasteiger partial charge in [-0.2, -0.15) is 0 Å². The van der Waals surface area contributed by atoms with Crippen LogP contribution >= 0.6 is 12.4 Å². The maximum atomic E-state index is 12.7. The number of amides is 1. The highest BCUT2D eigenvalue weighted by molar-refractivity contribution is 7.90. The van der Waals surface area contributed by atoms with Gasteiger partial charge in [-0.1, -0.05) is 49.2 Å². The van der Waals surface area contributed by atoms with E-state index >= 15 is 0 Å². The van der Waals surface area contributed by atoms with E-state index in [-0.39, 0.29) is 34.5 Å². The third-order valence-electron chi connectivity index (χ3n) is 4.98. The molecule has 1 saturated carbocycles. The van der Waals surface area contributed by atoms with Gasteiger partial charge in [-0.15, -0.1) is 12.4 Å². The zero-order valence-electron chi connectivity index (χ0n) is 15.1. The molecular formula is C20H25ClN2O3S. The van der Waals surface area contributed by atoms with Crippen LogP contribution in [0.15, 0.2) is 59.5 Å². The predicted octanol–water partition coefficient (Wildman–Crippen LogP) is 3.08. The summed E-state index contributed by atoms with van der Waals surface area (Å²) in [5.41, 5.74) is 6.57. The largest absolute Gasteiger partial charge is 0.345 e. The normalized spacial score (nSPS) is 15.7. The minimum Gasteiger partial charge on any atom is -0.345 e. The summed E-state index contributed by atoms with van der Waals surface area (Å²) < 4.78 is 25.4. The first-order chi connectivity index (χ1) is 12.4. The van der Waals surface area contributed by atoms with Crippen molar-refractivity contribution in [3.63, 3.8) is 0 Å². The van der Waals surface area contributed by atoms with Gasteiger partial charge in [0, 0.05) is 12.1 Å². The number of rotatable bonds is 6. The zero-order chi connectivity index (χ0) is 18.6. The molecule has 0 unspecified atom stereocenters. The number of carbonyl (C=O) groups excluding carboxylic acids is 1. The Bertz CT molecular complexity index is 879. The fourth-order valence-corrected chi connectivity index (χ4v) is 4.84. The topological polar surface area (TPSA) is 89.3 Å². The lowest BCUT2D eigenvalue weighted by molar-refractivity contribution is 0.0903. The van der Waals surface area contributed by atoms with E-state index in [2.05, 4.69) is 5.32 Å². The molecule has 1 fully saturated rings. The summed E-state index contributed by atoms with van der Waals surface area (Å²) in [5.74, 6) is -0.361. The van der Waals surface area contributed by atoms with Crippen LogP contribution in [0.3, 0.4) is 0 Å². The van der Waals surface area contributed by atoms with Crippen LogP contribution in [0, 0.1) is 0 Å². The highest BCUT2D eigenvalue weighted by Crippen LogP contribution is 2.29. The Balaban J connectivity index is 0.00000261. The van der Waals surface area contributed by atoms with Gasteiger partial charge in [-0.25, -0.2) is 8.42 Å². The van der Waals surface area contributed by atoms with Gasteiger partial charge in [0.05, 0.1) is 16.2 Å². The van der Waals surface area contributed by atoms with Gasteiger partial charge in [0.1, 0.15) is 0 Å². The highest BCUT2D eigenvalue weighted by Gasteiger charge is 2.34. The van der Waals surface area contributed by atoms with E-state index in [1.807, 2.05) is 18.2 Å². The number of hydrogen-bond donors (Lipinski definition) is 2. The maximum absolute atomic E-state index is 12.7. The minimum atomic E-state index is -3.52. The standard InChI is InChI=1S/C20H24N2O3S.ClH/c21-15-20(11-4-5-12-20)22-19(23)17-9-6-10-18(13-17)26(24,25)14-16-7-2-1-3-8-16;/h1-3,6-10,13H,4-5,11-12,14-15,21H2,(H,22,23);1H. The second kappa shape index (κ2) is 8.87. The first-order valence-corrected chi connectivity index (χ1v) is 10.5. The van der Waals surface area contributed by atoms with E-state index < -0.39 is 9.84 Å². The molecular weight excluding hydrogens is 384 g/mol. The summed E-state index contributed by atoms with van der Waals surface area (Å²) in [6.07, 6.45) is 3.81. The van der Waals surface area contributed by atoms with Gasteiger partial charge in [0.25, 0.3) is 5.91 Å². The van der Waals surface area contributed by atoms with Gasteiger partial charge >= 0.3 is 0 Å². The van der Waals surface area contributed by atoms with Crippen molar-refractivity contribution in [3.8, 4) is 0 Å². The van der Waals surface area contributed by atoms with Crippen molar-refractivity contribution in [3.05, 3.63) is 65.7 Å². The Morgan fingerprint density at radius 3 is 2.33 bits per heavy atom. The molecule has 146 valence electrons. The molecule has 0 radical (unpaired) electrons. The minimum absolute atomic E-state index is 0. The third-order valence-corrected chi connectivity index (χ3v) is 6.67. The number of sulfone groups is 1. The molecule has 0 spiro atoms. The highest BCUT2D eigenvalue weighted by atomic mass is 35.5. The van der Waals surface area contributed by atoms with Crippen LogP contribution in [0.25, 0.3) is 0 Å². The quantitative estimate of drug-likeness (QED) is 0.768. The van der Waals surface area contributed by atoms with Crippen LogP contribution in [0.4, 0.5) is 0 Å². The first-order valence-electron chi connectivity index (χ1n) is 8.83. The van der Waals surface area contributed by atoms with E-state index in [1.165, 1.54) is 12.1 Å². The molecule has 0 aromatic heterocycles. The van der Waals surface area contributed by atoms with Crippen LogP contribution in [0.1, 0.15) is 41.6 Å². The molecule has 2 aromatic carbocycles. The Morgan fingerprint density at radius 1 is 1.04 bits per heavy atom. The molecule has 0 atom stereocenters. The summed E-state index contributed by atoms with van der Waals surface area (Å²) in [7, 11) is -3.52. The van der Waals surface area contributed by atoms with Crippen LogP contribution < -0.4 is 11.1 Å². The third kappa shape index (κ3) is 5.09. The molecule has 3 N–H and O–H groups in total. The molecule has 3 rings (SSSR count). The summed E-state index contributed by atoms with van der Waals surface area (Å²) in [4.78, 5) is 12.8. The Morgan fingerprint density at radius 2 is 1.70 bits per heavy atom. The second-order valence-corrected chi connectivity index (χ2v) is 8.91. The number of nitrogens with one attached hydrogen (secondary N) is 1. The van der Waals surface area contributed by atoms with Crippen molar-refractivity contribution in [1.29, 1.82) is 0 Å². The molecule has 0 aliphatic heterocycles. The Labute approximate surface area is 166 Å². The van der Waals surface area contributed by atoms with E-state index in [0.29, 0.717) is 12.1 Å². The van der Waals surface area contributed by atoms with E-state index in [9.17, 15) is 13.2 Å². The van der Waals surface area contributed by atoms with Gasteiger partial charge in [0.15, 0.2) is 9.84 Å². The smallest absolute Gasteiger partial charge is 0.251 e. The van der Waals surface area contributed by atoms with Crippen LogP contribution in [0.2, 0.25) is 0 Å². The molecule has 7 heteroatoms. The number of nitrogens with two attached hydrogens (primary N) is 1. The number of carbonyl (C=O) groups is 1. The molecule has 27 heavy (non-hydrogen) atoms. The molecule has 1 aliphatic carbocycles. The van der Waals surface area contributed by atoms with Crippen molar-refractivity contribution < 1.29 is 13.2 Å². The second-order valence-electron chi connectivity index (χ2n) is 6.92. The average molecular weight is 409 g/mol. The van der Waals surface area contributed by atoms with Gasteiger partial charge in [-0.3, -0.25) is 4.79 Å². The van der Waals surface area contributed by atoms with Crippen LogP contribution in [-0.4, -0.2) is 26.4 Å². The monoisotopic (exact) mass is 408 g/mol. The summed E-state index contributed by atoms with van der Waals surface area (Å²) in [5, 5.41) is 3.03. The molecule has 5 nitrogen and oxygen atoms in total. The van der Waals surface area contributed by atoms with Crippen molar-refractivity contribution in [1.82, 2.24) is 5.32 Å². The lowest BCUT2D eigenvalue weighted by atomic mass is 9.97. The molecule has 0 saturated heterocycles. The number of benzene rings is 2.